The van der Waals surface area contributed by atoms with E-state index in [0.717, 1.165) is 4.57 Å². The molecule has 0 aliphatic carbocycles. The molecule has 1 fully saturated rings. The number of nitrogens with two attached hydrogens (primary N) is 1. The largest absolute Gasteiger partial charge is 0.398 e. The fraction of sp³-hybridized carbons (Fsp3) is 0.286. The molecular formula is C14H10B4N4O3. The number of anilines is 1. The van der Waals surface area contributed by atoms with Crippen molar-refractivity contribution in [1.29, 1.82) is 0 Å². The zero-order valence-electron chi connectivity index (χ0n) is 13.3. The molecule has 3 rings (SSSR count). The van der Waals surface area contributed by atoms with Gasteiger partial charge in [-0.05, 0) is 24.0 Å². The van der Waals surface area contributed by atoms with E-state index >= 15 is 0 Å². The van der Waals surface area contributed by atoms with Crippen LogP contribution in [0.1, 0.15) is 11.9 Å². The summed E-state index contributed by atoms with van der Waals surface area (Å²) in [5, 5.41) is 0.0284. The zero-order valence-corrected chi connectivity index (χ0v) is 13.3. The van der Waals surface area contributed by atoms with Crippen molar-refractivity contribution < 1.29 is 9.59 Å². The number of nitrogen functional groups attached to an aromatic ring is 1. The van der Waals surface area contributed by atoms with Gasteiger partial charge in [0.15, 0.2) is 0 Å². The number of nitrogens with one attached hydrogen (secondary N) is 1. The fourth-order valence-corrected chi connectivity index (χ4v) is 2.91. The van der Waals surface area contributed by atoms with Crippen molar-refractivity contribution in [3.05, 3.63) is 28.3 Å². The summed E-state index contributed by atoms with van der Waals surface area (Å²) in [6.07, 6.45) is 0. The molecule has 3 N–H and O–H groups in total. The van der Waals surface area contributed by atoms with Crippen LogP contribution in [0.15, 0.2) is 16.9 Å². The van der Waals surface area contributed by atoms with E-state index in [1.807, 2.05) is 5.32 Å². The maximum Gasteiger partial charge on any atom is 0.264 e. The van der Waals surface area contributed by atoms with E-state index in [4.69, 9.17) is 37.1 Å². The number of imide groups is 1. The lowest BCUT2D eigenvalue weighted by atomic mass is 9.40. The van der Waals surface area contributed by atoms with Crippen molar-refractivity contribution in [2.45, 2.75) is 24.0 Å². The molecule has 1 aliphatic rings. The third kappa shape index (κ3) is 2.41. The highest BCUT2D eigenvalue weighted by Gasteiger charge is 2.46. The average Bonchev–Trinajstić information content (AvgIpc) is 2.52. The van der Waals surface area contributed by atoms with Crippen LogP contribution in [0.3, 0.4) is 0 Å². The first-order valence-corrected chi connectivity index (χ1v) is 7.32. The third-order valence-electron chi connectivity index (χ3n) is 4.39. The Hall–Kier alpha value is -2.44. The van der Waals surface area contributed by atoms with Crippen LogP contribution >= 0.6 is 0 Å². The number of hydrogen-bond donors (Lipinski definition) is 2. The van der Waals surface area contributed by atoms with Crippen molar-refractivity contribution in [3.63, 3.8) is 0 Å². The van der Waals surface area contributed by atoms with Crippen LogP contribution in [0.5, 0.6) is 0 Å². The molecule has 1 saturated heterocycles. The summed E-state index contributed by atoms with van der Waals surface area (Å²) in [6.45, 7) is 1.51. The van der Waals surface area contributed by atoms with Crippen molar-refractivity contribution >= 4 is 65.3 Å². The van der Waals surface area contributed by atoms with Crippen molar-refractivity contribution in [3.8, 4) is 0 Å². The number of hydrogen-bond acceptors (Lipinski definition) is 5. The summed E-state index contributed by atoms with van der Waals surface area (Å²) < 4.78 is 1.03. The van der Waals surface area contributed by atoms with E-state index in [1.165, 1.54) is 13.0 Å². The number of nitrogens with zero attached hydrogens (tertiary/aromatic N) is 2. The molecule has 7 nitrogen and oxygen atoms in total. The van der Waals surface area contributed by atoms with E-state index in [0.29, 0.717) is 5.52 Å². The monoisotopic (exact) mass is 326 g/mol. The van der Waals surface area contributed by atoms with E-state index in [-0.39, 0.29) is 22.4 Å². The van der Waals surface area contributed by atoms with Crippen LogP contribution in [0.4, 0.5) is 5.69 Å². The number of piperidine rings is 1. The summed E-state index contributed by atoms with van der Waals surface area (Å²) in [4.78, 5) is 41.4. The van der Waals surface area contributed by atoms with Crippen LogP contribution < -0.4 is 22.1 Å². The Morgan fingerprint density at radius 2 is 1.92 bits per heavy atom. The van der Waals surface area contributed by atoms with Crippen molar-refractivity contribution in [2.75, 3.05) is 5.73 Å². The summed E-state index contributed by atoms with van der Waals surface area (Å²) in [6, 6.07) is 1.73. The van der Waals surface area contributed by atoms with E-state index in [9.17, 15) is 14.4 Å². The van der Waals surface area contributed by atoms with Gasteiger partial charge in [-0.2, -0.15) is 0 Å². The highest BCUT2D eigenvalue weighted by atomic mass is 16.2. The van der Waals surface area contributed by atoms with Crippen molar-refractivity contribution in [1.82, 2.24) is 14.9 Å². The van der Waals surface area contributed by atoms with Gasteiger partial charge in [0.25, 0.3) is 5.56 Å². The predicted octanol–water partition coefficient (Wildman–Crippen LogP) is -2.31. The number of aryl methyl sites for hydroxylation is 1. The number of rotatable bonds is 1. The summed E-state index contributed by atoms with van der Waals surface area (Å²) in [5.41, 5.74) is 5.82. The second-order valence-electron chi connectivity index (χ2n) is 6.02. The van der Waals surface area contributed by atoms with Gasteiger partial charge in [-0.25, -0.2) is 4.98 Å². The molecule has 11 heteroatoms. The molecule has 116 valence electrons. The fourth-order valence-electron chi connectivity index (χ4n) is 2.91. The Bertz CT molecular complexity index is 988. The molecule has 2 amide bonds. The minimum atomic E-state index is -2.04. The molecule has 1 aliphatic heterocycles. The van der Waals surface area contributed by atoms with Crippen LogP contribution in [0.2, 0.25) is 11.0 Å². The molecular weight excluding hydrogens is 315 g/mol. The van der Waals surface area contributed by atoms with Crippen LogP contribution in [-0.4, -0.2) is 52.8 Å². The van der Waals surface area contributed by atoms with Crippen LogP contribution in [-0.2, 0) is 9.59 Å². The minimum Gasteiger partial charge on any atom is -0.398 e. The Morgan fingerprint density at radius 3 is 2.56 bits per heavy atom. The highest BCUT2D eigenvalue weighted by Crippen LogP contribution is 2.43. The molecule has 2 aromatic rings. The summed E-state index contributed by atoms with van der Waals surface area (Å²) >= 11 is 0. The second-order valence-corrected chi connectivity index (χ2v) is 6.02. The molecule has 0 spiro atoms. The highest BCUT2D eigenvalue weighted by molar-refractivity contribution is 6.55. The molecule has 1 aromatic heterocycles. The number of amides is 2. The molecule has 2 heterocycles. The molecule has 1 aromatic carbocycles. The lowest BCUT2D eigenvalue weighted by Crippen LogP contribution is -2.55. The number of fused-ring (bicyclic) bond motifs is 1. The number of carbonyl (C=O) groups excluding carboxylic acids is 2. The van der Waals surface area contributed by atoms with Gasteiger partial charge in [-0.3, -0.25) is 24.3 Å². The third-order valence-corrected chi connectivity index (χ3v) is 4.39. The molecule has 2 unspecified atom stereocenters. The van der Waals surface area contributed by atoms with E-state index in [1.54, 1.807) is 6.07 Å². The lowest BCUT2D eigenvalue weighted by molar-refractivity contribution is -0.136. The Morgan fingerprint density at radius 1 is 1.28 bits per heavy atom. The van der Waals surface area contributed by atoms with E-state index < -0.39 is 34.4 Å². The first kappa shape index (κ1) is 17.4. The molecule has 8 radical (unpaired) electrons. The minimum absolute atomic E-state index is 0.0383. The molecule has 0 bridgehead atoms. The average molecular weight is 326 g/mol. The summed E-state index contributed by atoms with van der Waals surface area (Å²) in [5.74, 6) is -2.91. The molecule has 2 atom stereocenters. The maximum atomic E-state index is 13.0. The van der Waals surface area contributed by atoms with Crippen LogP contribution in [0, 0.1) is 6.92 Å². The number of carbonyl (C=O) groups is 2. The van der Waals surface area contributed by atoms with Crippen molar-refractivity contribution in [2.24, 2.45) is 0 Å². The maximum absolute atomic E-state index is 13.0. The Kier molecular flexibility index (Phi) is 3.85. The molecule has 25 heavy (non-hydrogen) atoms. The quantitative estimate of drug-likeness (QED) is 0.348. The SMILES string of the molecule is [B]c1ccc2nc(C)n(C3C(=O)NC(=O)C([B])([B])C3[B])c(=O)c2c1N. The number of benzene rings is 1. The smallest absolute Gasteiger partial charge is 0.264 e. The number of aromatic nitrogens is 2. The molecule has 0 saturated carbocycles. The van der Waals surface area contributed by atoms with Gasteiger partial charge in [0, 0.05) is 5.69 Å². The van der Waals surface area contributed by atoms with Crippen LogP contribution in [0.25, 0.3) is 10.9 Å². The van der Waals surface area contributed by atoms with Gasteiger partial charge < -0.3 is 5.73 Å². The topological polar surface area (TPSA) is 107 Å². The lowest BCUT2D eigenvalue weighted by Gasteiger charge is -2.42. The Labute approximate surface area is 148 Å². The zero-order chi connectivity index (χ0) is 18.7. The van der Waals surface area contributed by atoms with E-state index in [2.05, 4.69) is 4.98 Å². The summed E-state index contributed by atoms with van der Waals surface area (Å²) in [7, 11) is 23.2. The van der Waals surface area contributed by atoms with Gasteiger partial charge in [0.1, 0.15) is 19.7 Å². The van der Waals surface area contributed by atoms with Gasteiger partial charge in [-0.15, -0.1) is 0 Å². The van der Waals surface area contributed by atoms with Gasteiger partial charge >= 0.3 is 0 Å². The Balaban J connectivity index is 2.32. The first-order valence-electron chi connectivity index (χ1n) is 7.32. The predicted molar refractivity (Wildman–Crippen MR) is 96.4 cm³/mol. The standard InChI is InChI=1S/C14H10B4N4O3/c1-4-20-6-3-2-5(15)8(19)7(6)12(24)22(4)9-10(16)14(17,18)13(25)21-11(9)23/h2-3,9-10H,19H2,1H3,(H,21,23,25). The first-order chi connectivity index (χ1) is 11.6. The second kappa shape index (κ2) is 5.54. The van der Waals surface area contributed by atoms with Gasteiger partial charge in [0.2, 0.25) is 11.8 Å². The van der Waals surface area contributed by atoms with Gasteiger partial charge in [0.05, 0.1) is 34.4 Å². The van der Waals surface area contributed by atoms with Gasteiger partial charge in [-0.1, -0.05) is 11.5 Å². The normalized spacial score (nSPS) is 22.8.